The quantitative estimate of drug-likeness (QED) is 0.445. The molecule has 1 N–H and O–H groups in total. The number of benzene rings is 2. The van der Waals surface area contributed by atoms with E-state index in [1.54, 1.807) is 18.2 Å². The molecule has 1 aliphatic rings. The predicted molar refractivity (Wildman–Crippen MR) is 108 cm³/mol. The molecule has 5 nitrogen and oxygen atoms in total. The lowest BCUT2D eigenvalue weighted by molar-refractivity contribution is -0.117. The number of carbonyl (C=O) groups excluding carboxylic acids is 2. The molecular formula is C19H18IN3O2. The monoisotopic (exact) mass is 447 g/mol. The number of amides is 2. The van der Waals surface area contributed by atoms with Gasteiger partial charge in [-0.25, -0.2) is 5.01 Å². The molecule has 6 heteroatoms. The Morgan fingerprint density at radius 1 is 1.08 bits per heavy atom. The van der Waals surface area contributed by atoms with Crippen LogP contribution in [0.15, 0.2) is 54.1 Å². The minimum Gasteiger partial charge on any atom is -0.375 e. The minimum absolute atomic E-state index is 0.134. The fraction of sp³-hybridized carbons (Fsp3) is 0.158. The van der Waals surface area contributed by atoms with Crippen molar-refractivity contribution in [3.05, 3.63) is 63.2 Å². The Labute approximate surface area is 160 Å². The van der Waals surface area contributed by atoms with E-state index in [9.17, 15) is 9.59 Å². The van der Waals surface area contributed by atoms with E-state index in [0.29, 0.717) is 5.69 Å². The lowest BCUT2D eigenvalue weighted by Gasteiger charge is -2.16. The van der Waals surface area contributed by atoms with E-state index in [-0.39, 0.29) is 11.5 Å². The Bertz CT molecular complexity index is 829. The summed E-state index contributed by atoms with van der Waals surface area (Å²) < 4.78 is 1.06. The minimum atomic E-state index is -0.390. The largest absolute Gasteiger partial charge is 0.375 e. The summed E-state index contributed by atoms with van der Waals surface area (Å²) in [5.74, 6) is -0.737. The van der Waals surface area contributed by atoms with Crippen LogP contribution in [-0.2, 0) is 9.59 Å². The molecular weight excluding hydrogens is 429 g/mol. The third-order valence-corrected chi connectivity index (χ3v) is 4.81. The van der Waals surface area contributed by atoms with Gasteiger partial charge in [0, 0.05) is 22.8 Å². The lowest BCUT2D eigenvalue weighted by atomic mass is 10.1. The first-order valence-electron chi connectivity index (χ1n) is 7.93. The van der Waals surface area contributed by atoms with Crippen LogP contribution in [0.1, 0.15) is 12.5 Å². The fourth-order valence-electron chi connectivity index (χ4n) is 2.50. The lowest BCUT2D eigenvalue weighted by Crippen LogP contribution is -2.35. The highest BCUT2D eigenvalue weighted by molar-refractivity contribution is 14.1. The fourth-order valence-corrected chi connectivity index (χ4v) is 2.86. The molecule has 0 aliphatic carbocycles. The van der Waals surface area contributed by atoms with Gasteiger partial charge in [0.15, 0.2) is 0 Å². The van der Waals surface area contributed by atoms with Gasteiger partial charge in [0.05, 0.1) is 5.69 Å². The van der Waals surface area contributed by atoms with Gasteiger partial charge in [0.25, 0.3) is 11.8 Å². The van der Waals surface area contributed by atoms with Gasteiger partial charge in [0.2, 0.25) is 0 Å². The van der Waals surface area contributed by atoms with Gasteiger partial charge in [0.1, 0.15) is 5.57 Å². The van der Waals surface area contributed by atoms with Crippen molar-refractivity contribution < 1.29 is 9.59 Å². The van der Waals surface area contributed by atoms with Gasteiger partial charge in [-0.05, 0) is 77.6 Å². The standard InChI is InChI=1S/C19H18IN3O2/c1-3-22(2)15-8-4-13(5-9-15)12-17-18(24)21-23(19(17)25)16-10-6-14(20)7-11-16/h4-12H,3H2,1-2H3,(H,21,24). The van der Waals surface area contributed by atoms with E-state index in [2.05, 4.69) is 39.8 Å². The second-order valence-electron chi connectivity index (χ2n) is 5.72. The van der Waals surface area contributed by atoms with Gasteiger partial charge < -0.3 is 4.90 Å². The van der Waals surface area contributed by atoms with Crippen molar-refractivity contribution >= 4 is 51.9 Å². The van der Waals surface area contributed by atoms with Crippen LogP contribution in [0.5, 0.6) is 0 Å². The number of hydrogen-bond acceptors (Lipinski definition) is 3. The van der Waals surface area contributed by atoms with Crippen LogP contribution in [0, 0.1) is 3.57 Å². The van der Waals surface area contributed by atoms with Crippen molar-refractivity contribution in [2.24, 2.45) is 0 Å². The molecule has 128 valence electrons. The van der Waals surface area contributed by atoms with Crippen LogP contribution in [0.4, 0.5) is 11.4 Å². The number of carbonyl (C=O) groups is 2. The number of halogens is 1. The zero-order valence-corrected chi connectivity index (χ0v) is 16.1. The molecule has 0 spiro atoms. The predicted octanol–water partition coefficient (Wildman–Crippen LogP) is 3.21. The van der Waals surface area contributed by atoms with E-state index >= 15 is 0 Å². The SMILES string of the molecule is CCN(C)c1ccc(C=C2C(=O)NN(c3ccc(I)cc3)C2=O)cc1. The molecule has 1 saturated heterocycles. The normalized spacial score (nSPS) is 15.6. The molecule has 1 aliphatic heterocycles. The molecule has 0 radical (unpaired) electrons. The highest BCUT2D eigenvalue weighted by Crippen LogP contribution is 2.23. The molecule has 0 aromatic heterocycles. The van der Waals surface area contributed by atoms with Crippen LogP contribution in [0.3, 0.4) is 0 Å². The first-order valence-corrected chi connectivity index (χ1v) is 9.01. The summed E-state index contributed by atoms with van der Waals surface area (Å²) in [7, 11) is 2.01. The molecule has 0 saturated carbocycles. The zero-order valence-electron chi connectivity index (χ0n) is 14.0. The van der Waals surface area contributed by atoms with Crippen LogP contribution < -0.4 is 15.3 Å². The summed E-state index contributed by atoms with van der Waals surface area (Å²) in [5, 5.41) is 1.28. The summed E-state index contributed by atoms with van der Waals surface area (Å²) >= 11 is 2.19. The highest BCUT2D eigenvalue weighted by atomic mass is 127. The van der Waals surface area contributed by atoms with E-state index in [0.717, 1.165) is 21.4 Å². The number of anilines is 2. The first-order chi connectivity index (χ1) is 12.0. The molecule has 0 bridgehead atoms. The summed E-state index contributed by atoms with van der Waals surface area (Å²) in [6.07, 6.45) is 1.63. The van der Waals surface area contributed by atoms with Gasteiger partial charge in [-0.1, -0.05) is 12.1 Å². The summed E-state index contributed by atoms with van der Waals surface area (Å²) in [4.78, 5) is 26.9. The third-order valence-electron chi connectivity index (χ3n) is 4.10. The number of rotatable bonds is 4. The van der Waals surface area contributed by atoms with Crippen LogP contribution >= 0.6 is 22.6 Å². The molecule has 2 aromatic carbocycles. The third kappa shape index (κ3) is 3.68. The molecule has 3 rings (SSSR count). The van der Waals surface area contributed by atoms with Crippen molar-refractivity contribution in [3.8, 4) is 0 Å². The smallest absolute Gasteiger partial charge is 0.282 e. The molecule has 1 heterocycles. The van der Waals surface area contributed by atoms with Crippen molar-refractivity contribution in [1.82, 2.24) is 5.43 Å². The van der Waals surface area contributed by atoms with E-state index in [1.807, 2.05) is 43.4 Å². The van der Waals surface area contributed by atoms with Gasteiger partial charge in [-0.3, -0.25) is 15.0 Å². The number of hydrogen-bond donors (Lipinski definition) is 1. The number of hydrazine groups is 1. The molecule has 25 heavy (non-hydrogen) atoms. The maximum atomic E-state index is 12.6. The Hall–Kier alpha value is -2.35. The van der Waals surface area contributed by atoms with Crippen molar-refractivity contribution in [2.45, 2.75) is 6.92 Å². The van der Waals surface area contributed by atoms with E-state index in [4.69, 9.17) is 0 Å². The molecule has 1 fully saturated rings. The first kappa shape index (κ1) is 17.5. The van der Waals surface area contributed by atoms with Crippen LogP contribution in [0.2, 0.25) is 0 Å². The molecule has 0 unspecified atom stereocenters. The number of nitrogens with zero attached hydrogens (tertiary/aromatic N) is 2. The highest BCUT2D eigenvalue weighted by Gasteiger charge is 2.34. The maximum absolute atomic E-state index is 12.6. The second-order valence-corrected chi connectivity index (χ2v) is 6.97. The van der Waals surface area contributed by atoms with Crippen molar-refractivity contribution in [3.63, 3.8) is 0 Å². The second kappa shape index (κ2) is 7.26. The topological polar surface area (TPSA) is 52.7 Å². The average Bonchev–Trinajstić information content (AvgIpc) is 2.90. The van der Waals surface area contributed by atoms with Crippen LogP contribution in [-0.4, -0.2) is 25.4 Å². The van der Waals surface area contributed by atoms with E-state index < -0.39 is 5.91 Å². The van der Waals surface area contributed by atoms with Gasteiger partial charge in [-0.2, -0.15) is 0 Å². The van der Waals surface area contributed by atoms with Gasteiger partial charge >= 0.3 is 0 Å². The summed E-state index contributed by atoms with van der Waals surface area (Å²) in [5.41, 5.74) is 5.30. The molecule has 2 amide bonds. The van der Waals surface area contributed by atoms with Crippen molar-refractivity contribution in [1.29, 1.82) is 0 Å². The molecule has 0 atom stereocenters. The maximum Gasteiger partial charge on any atom is 0.282 e. The Morgan fingerprint density at radius 3 is 2.32 bits per heavy atom. The Morgan fingerprint density at radius 2 is 1.72 bits per heavy atom. The average molecular weight is 447 g/mol. The Kier molecular flexibility index (Phi) is 5.08. The van der Waals surface area contributed by atoms with Crippen molar-refractivity contribution in [2.75, 3.05) is 23.5 Å². The molecule has 2 aromatic rings. The summed E-state index contributed by atoms with van der Waals surface area (Å²) in [6.45, 7) is 2.99. The van der Waals surface area contributed by atoms with Gasteiger partial charge in [-0.15, -0.1) is 0 Å². The summed E-state index contributed by atoms with van der Waals surface area (Å²) in [6, 6.07) is 15.1. The Balaban J connectivity index is 1.84. The number of nitrogens with one attached hydrogen (secondary N) is 1. The zero-order chi connectivity index (χ0) is 18.0. The van der Waals surface area contributed by atoms with Crippen LogP contribution in [0.25, 0.3) is 6.08 Å². The van der Waals surface area contributed by atoms with E-state index in [1.165, 1.54) is 5.01 Å².